The zero-order valence-electron chi connectivity index (χ0n) is 12.2. The standard InChI is InChI=1S/C15H17N3O.2ClH/c1-15(2,16)18-9-11-5-4-10-6-7-12(19-3)8-13(10)14(11)17-18;;/h4-9H,16H2,1-3H3;2*1H. The van der Waals surface area contributed by atoms with Crippen LogP contribution in [-0.4, -0.2) is 16.9 Å². The van der Waals surface area contributed by atoms with Crippen LogP contribution in [0.4, 0.5) is 0 Å². The van der Waals surface area contributed by atoms with Crippen molar-refractivity contribution in [3.63, 3.8) is 0 Å². The van der Waals surface area contributed by atoms with Crippen LogP contribution in [0.1, 0.15) is 13.8 Å². The van der Waals surface area contributed by atoms with Gasteiger partial charge in [0.2, 0.25) is 0 Å². The molecule has 114 valence electrons. The highest BCUT2D eigenvalue weighted by Gasteiger charge is 2.16. The molecule has 1 aromatic heterocycles. The van der Waals surface area contributed by atoms with E-state index in [9.17, 15) is 0 Å². The molecule has 0 saturated heterocycles. The largest absolute Gasteiger partial charge is 0.497 e. The molecule has 21 heavy (non-hydrogen) atoms. The summed E-state index contributed by atoms with van der Waals surface area (Å²) < 4.78 is 7.09. The quantitative estimate of drug-likeness (QED) is 0.780. The molecular formula is C15H19Cl2N3O. The lowest BCUT2D eigenvalue weighted by atomic mass is 10.1. The second-order valence-corrected chi connectivity index (χ2v) is 5.32. The van der Waals surface area contributed by atoms with Crippen molar-refractivity contribution in [2.75, 3.05) is 7.11 Å². The third kappa shape index (κ3) is 3.07. The molecule has 2 aromatic carbocycles. The Hall–Kier alpha value is -1.49. The van der Waals surface area contributed by atoms with Gasteiger partial charge in [-0.2, -0.15) is 5.10 Å². The van der Waals surface area contributed by atoms with E-state index in [1.165, 1.54) is 0 Å². The number of hydrogen-bond donors (Lipinski definition) is 1. The number of fused-ring (bicyclic) bond motifs is 3. The van der Waals surface area contributed by atoms with Crippen LogP contribution in [0.15, 0.2) is 36.5 Å². The highest BCUT2D eigenvalue weighted by Crippen LogP contribution is 2.28. The van der Waals surface area contributed by atoms with Crippen molar-refractivity contribution in [3.05, 3.63) is 36.5 Å². The van der Waals surface area contributed by atoms with Gasteiger partial charge in [-0.05, 0) is 31.4 Å². The third-order valence-electron chi connectivity index (χ3n) is 3.29. The summed E-state index contributed by atoms with van der Waals surface area (Å²) in [6, 6.07) is 10.2. The summed E-state index contributed by atoms with van der Waals surface area (Å²) in [7, 11) is 1.67. The summed E-state index contributed by atoms with van der Waals surface area (Å²) >= 11 is 0. The molecule has 3 aromatic rings. The van der Waals surface area contributed by atoms with E-state index in [4.69, 9.17) is 10.5 Å². The van der Waals surface area contributed by atoms with Crippen LogP contribution in [0.2, 0.25) is 0 Å². The Morgan fingerprint density at radius 2 is 1.71 bits per heavy atom. The molecule has 0 spiro atoms. The molecular weight excluding hydrogens is 309 g/mol. The highest BCUT2D eigenvalue weighted by molar-refractivity contribution is 6.05. The van der Waals surface area contributed by atoms with Gasteiger partial charge in [0.25, 0.3) is 0 Å². The summed E-state index contributed by atoms with van der Waals surface area (Å²) in [4.78, 5) is 0. The van der Waals surface area contributed by atoms with E-state index in [1.807, 2.05) is 38.2 Å². The van der Waals surface area contributed by atoms with E-state index in [1.54, 1.807) is 11.8 Å². The molecule has 3 rings (SSSR count). The number of aromatic nitrogens is 2. The molecule has 2 N–H and O–H groups in total. The van der Waals surface area contributed by atoms with Crippen LogP contribution in [0.25, 0.3) is 21.7 Å². The Labute approximate surface area is 136 Å². The normalized spacial score (nSPS) is 11.0. The lowest BCUT2D eigenvalue weighted by Crippen LogP contribution is -2.36. The van der Waals surface area contributed by atoms with Crippen LogP contribution in [0.5, 0.6) is 5.75 Å². The summed E-state index contributed by atoms with van der Waals surface area (Å²) in [5.41, 5.74) is 6.54. The van der Waals surface area contributed by atoms with Crippen LogP contribution < -0.4 is 10.5 Å². The number of benzene rings is 2. The average molecular weight is 328 g/mol. The van der Waals surface area contributed by atoms with E-state index in [-0.39, 0.29) is 24.8 Å². The van der Waals surface area contributed by atoms with Crippen LogP contribution in [0, 0.1) is 0 Å². The molecule has 0 unspecified atom stereocenters. The van der Waals surface area contributed by atoms with Gasteiger partial charge >= 0.3 is 0 Å². The molecule has 0 atom stereocenters. The number of ether oxygens (including phenoxy) is 1. The van der Waals surface area contributed by atoms with Gasteiger partial charge in [0.1, 0.15) is 16.9 Å². The fourth-order valence-electron chi connectivity index (χ4n) is 2.21. The molecule has 6 heteroatoms. The predicted octanol–water partition coefficient (Wildman–Crippen LogP) is 3.69. The SMILES string of the molecule is COc1ccc2ccc3cn(C(C)(C)N)nc3c2c1.Cl.Cl. The summed E-state index contributed by atoms with van der Waals surface area (Å²) in [6.45, 7) is 3.86. The Morgan fingerprint density at radius 3 is 2.33 bits per heavy atom. The van der Waals surface area contributed by atoms with Gasteiger partial charge in [-0.25, -0.2) is 0 Å². The van der Waals surface area contributed by atoms with Gasteiger partial charge in [0.05, 0.1) is 7.11 Å². The van der Waals surface area contributed by atoms with Crippen molar-refractivity contribution >= 4 is 46.5 Å². The third-order valence-corrected chi connectivity index (χ3v) is 3.29. The van der Waals surface area contributed by atoms with Crippen molar-refractivity contribution in [2.24, 2.45) is 5.73 Å². The first kappa shape index (κ1) is 17.6. The average Bonchev–Trinajstić information content (AvgIpc) is 2.82. The zero-order valence-corrected chi connectivity index (χ0v) is 13.8. The molecule has 0 aliphatic carbocycles. The van der Waals surface area contributed by atoms with Crippen LogP contribution in [0.3, 0.4) is 0 Å². The maximum Gasteiger partial charge on any atom is 0.119 e. The first-order valence-electron chi connectivity index (χ1n) is 6.24. The Balaban J connectivity index is 0.00000110. The minimum atomic E-state index is -0.510. The number of halogens is 2. The Kier molecular flexibility index (Phi) is 5.10. The Bertz CT molecular complexity index is 763. The van der Waals surface area contributed by atoms with Gasteiger partial charge in [-0.1, -0.05) is 18.2 Å². The number of methoxy groups -OCH3 is 1. The van der Waals surface area contributed by atoms with Crippen molar-refractivity contribution < 1.29 is 4.74 Å². The van der Waals surface area contributed by atoms with Crippen molar-refractivity contribution in [2.45, 2.75) is 19.5 Å². The number of nitrogens with two attached hydrogens (primary N) is 1. The van der Waals surface area contributed by atoms with E-state index in [0.29, 0.717) is 0 Å². The topological polar surface area (TPSA) is 53.1 Å². The van der Waals surface area contributed by atoms with E-state index in [2.05, 4.69) is 17.2 Å². The van der Waals surface area contributed by atoms with E-state index >= 15 is 0 Å². The summed E-state index contributed by atoms with van der Waals surface area (Å²) in [6.07, 6.45) is 1.98. The van der Waals surface area contributed by atoms with Crippen LogP contribution in [-0.2, 0) is 5.66 Å². The van der Waals surface area contributed by atoms with Crippen LogP contribution >= 0.6 is 24.8 Å². The minimum Gasteiger partial charge on any atom is -0.497 e. The fourth-order valence-corrected chi connectivity index (χ4v) is 2.21. The maximum absolute atomic E-state index is 6.10. The molecule has 0 aliphatic rings. The summed E-state index contributed by atoms with van der Waals surface area (Å²) in [5.74, 6) is 0.835. The zero-order chi connectivity index (χ0) is 13.6. The second-order valence-electron chi connectivity index (χ2n) is 5.32. The van der Waals surface area contributed by atoms with Gasteiger partial charge in [0.15, 0.2) is 0 Å². The van der Waals surface area contributed by atoms with Crippen molar-refractivity contribution in [1.29, 1.82) is 0 Å². The van der Waals surface area contributed by atoms with Crippen molar-refractivity contribution in [1.82, 2.24) is 9.78 Å². The summed E-state index contributed by atoms with van der Waals surface area (Å²) in [5, 5.41) is 7.94. The molecule has 4 nitrogen and oxygen atoms in total. The number of hydrogen-bond acceptors (Lipinski definition) is 3. The fraction of sp³-hybridized carbons (Fsp3) is 0.267. The maximum atomic E-state index is 6.10. The van der Waals surface area contributed by atoms with E-state index in [0.717, 1.165) is 27.4 Å². The first-order chi connectivity index (χ1) is 8.99. The lowest BCUT2D eigenvalue weighted by Gasteiger charge is -2.18. The molecule has 0 bridgehead atoms. The van der Waals surface area contributed by atoms with Gasteiger partial charge < -0.3 is 10.5 Å². The first-order valence-corrected chi connectivity index (χ1v) is 6.24. The molecule has 0 saturated carbocycles. The molecule has 0 radical (unpaired) electrons. The minimum absolute atomic E-state index is 0. The Morgan fingerprint density at radius 1 is 1.10 bits per heavy atom. The van der Waals surface area contributed by atoms with Gasteiger partial charge in [0, 0.05) is 17.0 Å². The van der Waals surface area contributed by atoms with Gasteiger partial charge in [-0.3, -0.25) is 4.68 Å². The lowest BCUT2D eigenvalue weighted by molar-refractivity contribution is 0.335. The predicted molar refractivity (Wildman–Crippen MR) is 91.8 cm³/mol. The number of rotatable bonds is 2. The molecule has 0 fully saturated rings. The second kappa shape index (κ2) is 6.10. The highest BCUT2D eigenvalue weighted by atomic mass is 35.5. The van der Waals surface area contributed by atoms with Crippen molar-refractivity contribution in [3.8, 4) is 5.75 Å². The molecule has 0 aliphatic heterocycles. The molecule has 0 amide bonds. The monoisotopic (exact) mass is 327 g/mol. The molecule has 1 heterocycles. The van der Waals surface area contributed by atoms with Gasteiger partial charge in [-0.15, -0.1) is 24.8 Å². The van der Waals surface area contributed by atoms with E-state index < -0.39 is 5.66 Å². The smallest absolute Gasteiger partial charge is 0.119 e. The number of nitrogens with zero attached hydrogens (tertiary/aromatic N) is 2.